The molecule has 6 nitrogen and oxygen atoms in total. The summed E-state index contributed by atoms with van der Waals surface area (Å²) < 4.78 is 5.68. The van der Waals surface area contributed by atoms with E-state index in [0.29, 0.717) is 5.76 Å². The molecular formula is C15H18N2O4. The Balaban J connectivity index is 1.98. The summed E-state index contributed by atoms with van der Waals surface area (Å²) in [6.45, 7) is 1.98. The highest BCUT2D eigenvalue weighted by atomic mass is 16.4. The molecule has 1 aromatic heterocycles. The van der Waals surface area contributed by atoms with Crippen LogP contribution in [-0.4, -0.2) is 35.6 Å². The molecule has 2 amide bonds. The summed E-state index contributed by atoms with van der Waals surface area (Å²) in [6, 6.07) is 8.88. The van der Waals surface area contributed by atoms with Crippen LogP contribution >= 0.6 is 0 Å². The zero-order valence-electron chi connectivity index (χ0n) is 12.0. The molecule has 0 aliphatic carbocycles. The molecule has 0 aliphatic rings. The number of furan rings is 1. The molecule has 0 saturated carbocycles. The average Bonchev–Trinajstić information content (AvgIpc) is 2.88. The third-order valence-electron chi connectivity index (χ3n) is 3.22. The quantitative estimate of drug-likeness (QED) is 0.886. The Labute approximate surface area is 122 Å². The molecule has 0 aliphatic heterocycles. The number of rotatable bonds is 5. The first-order valence-electron chi connectivity index (χ1n) is 6.69. The van der Waals surface area contributed by atoms with Crippen molar-refractivity contribution >= 4 is 23.0 Å². The van der Waals surface area contributed by atoms with E-state index in [0.717, 1.165) is 11.0 Å². The Morgan fingerprint density at radius 1 is 1.38 bits per heavy atom. The number of nitrogens with one attached hydrogen (secondary N) is 1. The van der Waals surface area contributed by atoms with E-state index in [1.165, 1.54) is 4.90 Å². The van der Waals surface area contributed by atoms with Gasteiger partial charge in [0, 0.05) is 19.0 Å². The first-order valence-corrected chi connectivity index (χ1v) is 6.69. The van der Waals surface area contributed by atoms with Crippen molar-refractivity contribution in [3.8, 4) is 0 Å². The largest absolute Gasteiger partial charge is 0.481 e. The van der Waals surface area contributed by atoms with Crippen molar-refractivity contribution in [1.82, 2.24) is 10.2 Å². The molecule has 0 spiro atoms. The second kappa shape index (κ2) is 6.30. The maximum absolute atomic E-state index is 11.9. The monoisotopic (exact) mass is 290 g/mol. The van der Waals surface area contributed by atoms with Crippen LogP contribution in [0.1, 0.15) is 25.1 Å². The smallest absolute Gasteiger partial charge is 0.317 e. The van der Waals surface area contributed by atoms with Gasteiger partial charge in [-0.3, -0.25) is 4.79 Å². The van der Waals surface area contributed by atoms with Gasteiger partial charge in [-0.25, -0.2) is 4.79 Å². The summed E-state index contributed by atoms with van der Waals surface area (Å²) in [4.78, 5) is 23.8. The van der Waals surface area contributed by atoms with Crippen molar-refractivity contribution in [2.24, 2.45) is 0 Å². The van der Waals surface area contributed by atoms with Gasteiger partial charge in [-0.15, -0.1) is 0 Å². The molecular weight excluding hydrogens is 272 g/mol. The van der Waals surface area contributed by atoms with E-state index in [9.17, 15) is 9.59 Å². The maximum Gasteiger partial charge on any atom is 0.317 e. The lowest BCUT2D eigenvalue weighted by atomic mass is 10.2. The number of nitrogens with zero attached hydrogens (tertiary/aromatic N) is 1. The topological polar surface area (TPSA) is 82.8 Å². The Bertz CT molecular complexity index is 617. The van der Waals surface area contributed by atoms with Crippen molar-refractivity contribution in [1.29, 1.82) is 0 Å². The number of carbonyl (C=O) groups is 2. The van der Waals surface area contributed by atoms with Gasteiger partial charge in [0.2, 0.25) is 0 Å². The van der Waals surface area contributed by atoms with Gasteiger partial charge in [0.1, 0.15) is 11.3 Å². The lowest BCUT2D eigenvalue weighted by Crippen LogP contribution is -2.39. The zero-order valence-corrected chi connectivity index (χ0v) is 12.0. The number of carboxylic acids is 1. The number of hydrogen-bond acceptors (Lipinski definition) is 3. The van der Waals surface area contributed by atoms with E-state index >= 15 is 0 Å². The van der Waals surface area contributed by atoms with Crippen molar-refractivity contribution in [2.45, 2.75) is 19.4 Å². The van der Waals surface area contributed by atoms with Gasteiger partial charge >= 0.3 is 12.0 Å². The number of para-hydroxylation sites is 1. The molecule has 2 rings (SSSR count). The second-order valence-electron chi connectivity index (χ2n) is 4.92. The van der Waals surface area contributed by atoms with E-state index in [4.69, 9.17) is 9.52 Å². The van der Waals surface area contributed by atoms with E-state index in [1.54, 1.807) is 7.05 Å². The predicted molar refractivity (Wildman–Crippen MR) is 78.0 cm³/mol. The number of carbonyl (C=O) groups excluding carboxylic acids is 1. The van der Waals surface area contributed by atoms with Crippen LogP contribution in [0.15, 0.2) is 34.7 Å². The van der Waals surface area contributed by atoms with Crippen LogP contribution in [0.5, 0.6) is 0 Å². The Kier molecular flexibility index (Phi) is 4.47. The highest BCUT2D eigenvalue weighted by molar-refractivity contribution is 5.78. The molecule has 0 radical (unpaired) electrons. The SMILES string of the molecule is C[C@@H](NC(=O)N(C)CCC(=O)O)c1cc2ccccc2o1. The van der Waals surface area contributed by atoms with Crippen molar-refractivity contribution in [3.63, 3.8) is 0 Å². The summed E-state index contributed by atoms with van der Waals surface area (Å²) >= 11 is 0. The first kappa shape index (κ1) is 14.9. The molecule has 0 saturated heterocycles. The number of urea groups is 1. The van der Waals surface area contributed by atoms with Crippen LogP contribution in [0, 0.1) is 0 Å². The molecule has 112 valence electrons. The summed E-state index contributed by atoms with van der Waals surface area (Å²) in [5.41, 5.74) is 0.771. The Morgan fingerprint density at radius 2 is 2.10 bits per heavy atom. The van der Waals surface area contributed by atoms with Crippen LogP contribution < -0.4 is 5.32 Å². The molecule has 1 atom stereocenters. The number of fused-ring (bicyclic) bond motifs is 1. The molecule has 0 bridgehead atoms. The molecule has 1 aromatic carbocycles. The lowest BCUT2D eigenvalue weighted by molar-refractivity contribution is -0.137. The molecule has 0 unspecified atom stereocenters. The highest BCUT2D eigenvalue weighted by Gasteiger charge is 2.17. The van der Waals surface area contributed by atoms with Gasteiger partial charge in [0.15, 0.2) is 0 Å². The van der Waals surface area contributed by atoms with Gasteiger partial charge < -0.3 is 19.7 Å². The Morgan fingerprint density at radius 3 is 2.76 bits per heavy atom. The Hall–Kier alpha value is -2.50. The van der Waals surface area contributed by atoms with E-state index < -0.39 is 5.97 Å². The average molecular weight is 290 g/mol. The number of carboxylic acid groups (broad SMARTS) is 1. The first-order chi connectivity index (χ1) is 9.97. The van der Waals surface area contributed by atoms with Crippen molar-refractivity contribution < 1.29 is 19.1 Å². The van der Waals surface area contributed by atoms with E-state index in [-0.39, 0.29) is 25.0 Å². The zero-order chi connectivity index (χ0) is 15.4. The fourth-order valence-electron chi connectivity index (χ4n) is 1.95. The minimum atomic E-state index is -0.931. The molecule has 2 N–H and O–H groups in total. The summed E-state index contributed by atoms with van der Waals surface area (Å²) in [5.74, 6) is -0.267. The minimum absolute atomic E-state index is 0.0804. The minimum Gasteiger partial charge on any atom is -0.481 e. The number of hydrogen-bond donors (Lipinski definition) is 2. The number of amides is 2. The van der Waals surface area contributed by atoms with Crippen LogP contribution in [0.3, 0.4) is 0 Å². The summed E-state index contributed by atoms with van der Waals surface area (Å²) in [6.07, 6.45) is -0.0804. The summed E-state index contributed by atoms with van der Waals surface area (Å²) in [5, 5.41) is 12.4. The fraction of sp³-hybridized carbons (Fsp3) is 0.333. The third-order valence-corrected chi connectivity index (χ3v) is 3.22. The van der Waals surface area contributed by atoms with E-state index in [2.05, 4.69) is 5.32 Å². The standard InChI is InChI=1S/C15H18N2O4/c1-10(16-15(20)17(2)8-7-14(18)19)13-9-11-5-3-4-6-12(11)21-13/h3-6,9-10H,7-8H2,1-2H3,(H,16,20)(H,18,19)/t10-/m1/s1. The van der Waals surface area contributed by atoms with Gasteiger partial charge in [0.05, 0.1) is 12.5 Å². The van der Waals surface area contributed by atoms with E-state index in [1.807, 2.05) is 37.3 Å². The van der Waals surface area contributed by atoms with Crippen molar-refractivity contribution in [3.05, 3.63) is 36.1 Å². The highest BCUT2D eigenvalue weighted by Crippen LogP contribution is 2.23. The molecule has 2 aromatic rings. The predicted octanol–water partition coefficient (Wildman–Crippen LogP) is 2.61. The van der Waals surface area contributed by atoms with Crippen LogP contribution in [0.25, 0.3) is 11.0 Å². The van der Waals surface area contributed by atoms with Crippen LogP contribution in [0.2, 0.25) is 0 Å². The van der Waals surface area contributed by atoms with Crippen LogP contribution in [-0.2, 0) is 4.79 Å². The molecule has 6 heteroatoms. The third kappa shape index (κ3) is 3.75. The summed E-state index contributed by atoms with van der Waals surface area (Å²) in [7, 11) is 1.56. The second-order valence-corrected chi connectivity index (χ2v) is 4.92. The lowest BCUT2D eigenvalue weighted by Gasteiger charge is -2.19. The van der Waals surface area contributed by atoms with Gasteiger partial charge in [-0.05, 0) is 19.1 Å². The number of benzene rings is 1. The molecule has 0 fully saturated rings. The maximum atomic E-state index is 11.9. The molecule has 21 heavy (non-hydrogen) atoms. The fourth-order valence-corrected chi connectivity index (χ4v) is 1.95. The van der Waals surface area contributed by atoms with Gasteiger partial charge in [-0.2, -0.15) is 0 Å². The molecule has 1 heterocycles. The van der Waals surface area contributed by atoms with Crippen LogP contribution in [0.4, 0.5) is 4.79 Å². The number of aliphatic carboxylic acids is 1. The van der Waals surface area contributed by atoms with Gasteiger partial charge in [-0.1, -0.05) is 18.2 Å². The van der Waals surface area contributed by atoms with Gasteiger partial charge in [0.25, 0.3) is 0 Å². The van der Waals surface area contributed by atoms with Crippen molar-refractivity contribution in [2.75, 3.05) is 13.6 Å². The normalized spacial score (nSPS) is 12.1.